The third-order valence-electron chi connectivity index (χ3n) is 2.69. The molecule has 0 aliphatic heterocycles. The standard InChI is InChI=1S/C13H11FN2O6S/c1-23(20,21)7-9-3-5-12(22-9)13(17)15-10-4-2-8(14)6-11(10)16(18)19/h2-6H,7H2,1H3,(H,15,17). The number of amides is 1. The topological polar surface area (TPSA) is 120 Å². The molecule has 1 amide bonds. The van der Waals surface area contributed by atoms with E-state index < -0.39 is 32.2 Å². The number of benzene rings is 1. The highest BCUT2D eigenvalue weighted by Gasteiger charge is 2.20. The van der Waals surface area contributed by atoms with Crippen LogP contribution in [0.25, 0.3) is 0 Å². The van der Waals surface area contributed by atoms with Gasteiger partial charge in [-0.3, -0.25) is 14.9 Å². The van der Waals surface area contributed by atoms with Crippen LogP contribution in [0.5, 0.6) is 0 Å². The second kappa shape index (κ2) is 6.16. The van der Waals surface area contributed by atoms with E-state index in [9.17, 15) is 27.7 Å². The minimum Gasteiger partial charge on any atom is -0.455 e. The Bertz CT molecular complexity index is 874. The predicted molar refractivity (Wildman–Crippen MR) is 78.3 cm³/mol. The number of sulfone groups is 1. The number of furan rings is 1. The van der Waals surface area contributed by atoms with Gasteiger partial charge >= 0.3 is 0 Å². The average Bonchev–Trinajstić information content (AvgIpc) is 2.86. The molecule has 0 unspecified atom stereocenters. The molecule has 8 nitrogen and oxygen atoms in total. The third kappa shape index (κ3) is 4.36. The number of carbonyl (C=O) groups excluding carboxylic acids is 1. The van der Waals surface area contributed by atoms with Crippen LogP contribution in [0.1, 0.15) is 16.3 Å². The van der Waals surface area contributed by atoms with E-state index in [2.05, 4.69) is 5.32 Å². The zero-order chi connectivity index (χ0) is 17.2. The van der Waals surface area contributed by atoms with Crippen molar-refractivity contribution in [1.82, 2.24) is 0 Å². The van der Waals surface area contributed by atoms with Crippen molar-refractivity contribution in [3.63, 3.8) is 0 Å². The van der Waals surface area contributed by atoms with Crippen LogP contribution in [0, 0.1) is 15.9 Å². The number of hydrogen-bond acceptors (Lipinski definition) is 6. The summed E-state index contributed by atoms with van der Waals surface area (Å²) in [5.41, 5.74) is -0.816. The zero-order valence-corrected chi connectivity index (χ0v) is 12.6. The molecule has 0 spiro atoms. The van der Waals surface area contributed by atoms with E-state index in [1.807, 2.05) is 0 Å². The summed E-state index contributed by atoms with van der Waals surface area (Å²) >= 11 is 0. The van der Waals surface area contributed by atoms with Gasteiger partial charge in [-0.25, -0.2) is 12.8 Å². The molecule has 1 heterocycles. The molecule has 0 aliphatic rings. The molecule has 2 rings (SSSR count). The summed E-state index contributed by atoms with van der Waals surface area (Å²) < 4.78 is 40.4. The van der Waals surface area contributed by atoms with E-state index in [1.54, 1.807) is 0 Å². The van der Waals surface area contributed by atoms with Gasteiger partial charge in [-0.15, -0.1) is 0 Å². The van der Waals surface area contributed by atoms with Crippen molar-refractivity contribution in [2.45, 2.75) is 5.75 Å². The fourth-order valence-electron chi connectivity index (χ4n) is 1.78. The lowest BCUT2D eigenvalue weighted by Gasteiger charge is -2.04. The van der Waals surface area contributed by atoms with E-state index >= 15 is 0 Å². The average molecular weight is 342 g/mol. The first-order chi connectivity index (χ1) is 10.7. The number of halogens is 1. The molecule has 0 saturated heterocycles. The molecule has 1 N–H and O–H groups in total. The van der Waals surface area contributed by atoms with Gasteiger partial charge in [0.1, 0.15) is 23.0 Å². The SMILES string of the molecule is CS(=O)(=O)Cc1ccc(C(=O)Nc2ccc(F)cc2[N+](=O)[O-])o1. The van der Waals surface area contributed by atoms with Crippen LogP contribution in [0.3, 0.4) is 0 Å². The molecule has 0 saturated carbocycles. The van der Waals surface area contributed by atoms with Crippen LogP contribution in [-0.2, 0) is 15.6 Å². The minimum atomic E-state index is -3.33. The number of anilines is 1. The number of carbonyl (C=O) groups is 1. The molecule has 1 aromatic carbocycles. The lowest BCUT2D eigenvalue weighted by molar-refractivity contribution is -0.384. The van der Waals surface area contributed by atoms with Gasteiger partial charge in [0.2, 0.25) is 0 Å². The van der Waals surface area contributed by atoms with Gasteiger partial charge < -0.3 is 9.73 Å². The Hall–Kier alpha value is -2.75. The summed E-state index contributed by atoms with van der Waals surface area (Å²) in [5.74, 6) is -2.17. The molecule has 1 aromatic heterocycles. The van der Waals surface area contributed by atoms with E-state index in [0.29, 0.717) is 6.07 Å². The monoisotopic (exact) mass is 342 g/mol. The lowest BCUT2D eigenvalue weighted by Crippen LogP contribution is -2.12. The fourth-order valence-corrected chi connectivity index (χ4v) is 2.45. The van der Waals surface area contributed by atoms with Crippen LogP contribution < -0.4 is 5.32 Å². The molecule has 10 heteroatoms. The highest BCUT2D eigenvalue weighted by Crippen LogP contribution is 2.25. The van der Waals surface area contributed by atoms with Crippen molar-refractivity contribution >= 4 is 27.1 Å². The maximum atomic E-state index is 13.0. The summed E-state index contributed by atoms with van der Waals surface area (Å²) in [5, 5.41) is 13.1. The first-order valence-electron chi connectivity index (χ1n) is 6.17. The number of nitrogens with zero attached hydrogens (tertiary/aromatic N) is 1. The second-order valence-corrected chi connectivity index (χ2v) is 6.85. The molecule has 0 fully saturated rings. The molecule has 0 radical (unpaired) electrons. The molecule has 0 atom stereocenters. The summed E-state index contributed by atoms with van der Waals surface area (Å²) in [4.78, 5) is 22.0. The van der Waals surface area contributed by atoms with Crippen molar-refractivity contribution in [2.24, 2.45) is 0 Å². The molecular weight excluding hydrogens is 331 g/mol. The molecule has 122 valence electrons. The van der Waals surface area contributed by atoms with Gasteiger partial charge in [0.15, 0.2) is 15.6 Å². The van der Waals surface area contributed by atoms with Gasteiger partial charge in [0, 0.05) is 6.26 Å². The van der Waals surface area contributed by atoms with Crippen LogP contribution in [-0.4, -0.2) is 25.5 Å². The van der Waals surface area contributed by atoms with Crippen molar-refractivity contribution in [2.75, 3.05) is 11.6 Å². The van der Waals surface area contributed by atoms with E-state index in [1.165, 1.54) is 12.1 Å². The normalized spacial score (nSPS) is 11.2. The van der Waals surface area contributed by atoms with Crippen LogP contribution in [0.2, 0.25) is 0 Å². The van der Waals surface area contributed by atoms with Crippen molar-refractivity contribution < 1.29 is 26.9 Å². The summed E-state index contributed by atoms with van der Waals surface area (Å²) in [6, 6.07) is 5.23. The van der Waals surface area contributed by atoms with E-state index in [0.717, 1.165) is 18.4 Å². The van der Waals surface area contributed by atoms with Crippen molar-refractivity contribution in [1.29, 1.82) is 0 Å². The Morgan fingerprint density at radius 1 is 1.35 bits per heavy atom. The number of hydrogen-bond donors (Lipinski definition) is 1. The summed E-state index contributed by atoms with van der Waals surface area (Å²) in [6.07, 6.45) is 1.01. The Kier molecular flexibility index (Phi) is 4.45. The molecule has 2 aromatic rings. The Morgan fingerprint density at radius 3 is 2.65 bits per heavy atom. The van der Waals surface area contributed by atoms with Crippen molar-refractivity contribution in [3.8, 4) is 0 Å². The first-order valence-corrected chi connectivity index (χ1v) is 8.23. The van der Waals surface area contributed by atoms with Gasteiger partial charge in [0.05, 0.1) is 11.0 Å². The van der Waals surface area contributed by atoms with Gasteiger partial charge in [0.25, 0.3) is 11.6 Å². The largest absolute Gasteiger partial charge is 0.455 e. The maximum absolute atomic E-state index is 13.0. The Morgan fingerprint density at radius 2 is 2.04 bits per heavy atom. The Balaban J connectivity index is 2.22. The van der Waals surface area contributed by atoms with Crippen LogP contribution in [0.4, 0.5) is 15.8 Å². The van der Waals surface area contributed by atoms with Gasteiger partial charge in [-0.05, 0) is 24.3 Å². The van der Waals surface area contributed by atoms with Crippen LogP contribution >= 0.6 is 0 Å². The van der Waals surface area contributed by atoms with Crippen LogP contribution in [0.15, 0.2) is 34.7 Å². The maximum Gasteiger partial charge on any atom is 0.295 e. The van der Waals surface area contributed by atoms with E-state index in [4.69, 9.17) is 4.42 Å². The molecule has 0 aliphatic carbocycles. The Labute approximate surface area is 130 Å². The van der Waals surface area contributed by atoms with Gasteiger partial charge in [-0.1, -0.05) is 0 Å². The summed E-state index contributed by atoms with van der Waals surface area (Å²) in [7, 11) is -3.33. The molecular formula is C13H11FN2O6S. The van der Waals surface area contributed by atoms with Gasteiger partial charge in [-0.2, -0.15) is 0 Å². The lowest BCUT2D eigenvalue weighted by atomic mass is 10.2. The summed E-state index contributed by atoms with van der Waals surface area (Å²) in [6.45, 7) is 0. The molecule has 23 heavy (non-hydrogen) atoms. The quantitative estimate of drug-likeness (QED) is 0.656. The van der Waals surface area contributed by atoms with E-state index in [-0.39, 0.29) is 23.0 Å². The predicted octanol–water partition coefficient (Wildman–Crippen LogP) is 2.12. The number of nitro groups is 1. The first kappa shape index (κ1) is 16.6. The fraction of sp³-hybridized carbons (Fsp3) is 0.154. The minimum absolute atomic E-state index is 0.0613. The zero-order valence-electron chi connectivity index (χ0n) is 11.8. The number of nitro benzene ring substituents is 1. The number of nitrogens with one attached hydrogen (secondary N) is 1. The number of rotatable bonds is 5. The highest BCUT2D eigenvalue weighted by atomic mass is 32.2. The molecule has 0 bridgehead atoms. The smallest absolute Gasteiger partial charge is 0.295 e. The van der Waals surface area contributed by atoms with Crippen molar-refractivity contribution in [3.05, 3.63) is 57.8 Å². The highest BCUT2D eigenvalue weighted by molar-refractivity contribution is 7.89. The second-order valence-electron chi connectivity index (χ2n) is 4.71. The third-order valence-corrected chi connectivity index (χ3v) is 3.50.